The summed E-state index contributed by atoms with van der Waals surface area (Å²) in [6.45, 7) is 11.6. The monoisotopic (exact) mass is 831 g/mol. The second-order valence-electron chi connectivity index (χ2n) is 18.2. The summed E-state index contributed by atoms with van der Waals surface area (Å²) in [5, 5.41) is 5.27. The van der Waals surface area contributed by atoms with Gasteiger partial charge in [0, 0.05) is 65.1 Å². The van der Waals surface area contributed by atoms with Crippen LogP contribution in [0.2, 0.25) is 0 Å². The van der Waals surface area contributed by atoms with E-state index in [4.69, 9.17) is 0 Å². The number of hydrogen-bond donors (Lipinski definition) is 0. The fraction of sp³-hybridized carbons (Fsp3) is 0.107. The van der Waals surface area contributed by atoms with Crippen molar-refractivity contribution >= 4 is 131 Å². The van der Waals surface area contributed by atoms with Gasteiger partial charge in [-0.1, -0.05) is 130 Å². The summed E-state index contributed by atoms with van der Waals surface area (Å²) in [6, 6.07) is 61.9. The number of aryl methyl sites for hydroxylation is 2. The molecule has 3 aromatic heterocycles. The van der Waals surface area contributed by atoms with Crippen molar-refractivity contribution in [2.45, 2.75) is 40.0 Å². The van der Waals surface area contributed by atoms with Crippen LogP contribution in [0, 0.1) is 13.8 Å². The molecule has 0 aliphatic carbocycles. The molecule has 0 unspecified atom stereocenters. The van der Waals surface area contributed by atoms with Crippen molar-refractivity contribution in [3.8, 4) is 5.69 Å². The summed E-state index contributed by atoms with van der Waals surface area (Å²) in [5.74, 6) is 0. The summed E-state index contributed by atoms with van der Waals surface area (Å²) < 4.78 is 7.97. The third kappa shape index (κ3) is 4.93. The largest absolute Gasteiger partial charge is 0.310 e. The van der Waals surface area contributed by atoms with E-state index in [1.165, 1.54) is 119 Å². The van der Waals surface area contributed by atoms with E-state index >= 15 is 0 Å². The molecular weight excluding hydrogens is 790 g/mol. The van der Waals surface area contributed by atoms with Gasteiger partial charge in [0.25, 0.3) is 6.71 Å². The summed E-state index contributed by atoms with van der Waals surface area (Å²) in [6.07, 6.45) is 0. The maximum absolute atomic E-state index is 2.65. The molecule has 2 aliphatic heterocycles. The number of aromatic nitrogens is 1. The van der Waals surface area contributed by atoms with Crippen LogP contribution in [0.15, 0.2) is 164 Å². The molecule has 3 nitrogen and oxygen atoms in total. The zero-order valence-corrected chi connectivity index (χ0v) is 37.0. The maximum Gasteiger partial charge on any atom is 0.252 e. The smallest absolute Gasteiger partial charge is 0.252 e. The zero-order valence-electron chi connectivity index (χ0n) is 35.3. The minimum absolute atomic E-state index is 0.0350. The highest BCUT2D eigenvalue weighted by Crippen LogP contribution is 2.50. The molecule has 6 heteroatoms. The Balaban J connectivity index is 1.19. The minimum Gasteiger partial charge on any atom is -0.310 e. The first-order chi connectivity index (χ1) is 30.2. The summed E-state index contributed by atoms with van der Waals surface area (Å²) in [7, 11) is 0. The lowest BCUT2D eigenvalue weighted by molar-refractivity contribution is 0.590. The molecule has 0 amide bonds. The van der Waals surface area contributed by atoms with Gasteiger partial charge in [0.05, 0.1) is 26.1 Å². The lowest BCUT2D eigenvalue weighted by atomic mass is 9.33. The SMILES string of the molecule is Cc1ccccc1N(c1ccc2c(c1)N(c1cccc3c1sc1ccccc13)c1cc(C(C)(C)C)cc3c1B2c1cccc2c4sc5ccccc5c4n-3c12)c1ccccc1C. The van der Waals surface area contributed by atoms with E-state index in [2.05, 4.69) is 213 Å². The number of nitrogens with zero attached hydrogens (tertiary/aromatic N) is 3. The number of anilines is 6. The Bertz CT molecular complexity index is 3650. The van der Waals surface area contributed by atoms with Crippen molar-refractivity contribution in [2.24, 2.45) is 0 Å². The first kappa shape index (κ1) is 36.1. The topological polar surface area (TPSA) is 11.4 Å². The number of para-hydroxylation sites is 3. The Hall–Kier alpha value is -6.60. The molecule has 0 saturated heterocycles. The second-order valence-corrected chi connectivity index (χ2v) is 20.3. The van der Waals surface area contributed by atoms with Crippen molar-refractivity contribution in [1.29, 1.82) is 0 Å². The predicted molar refractivity (Wildman–Crippen MR) is 271 cm³/mol. The van der Waals surface area contributed by atoms with E-state index in [0.717, 1.165) is 5.69 Å². The van der Waals surface area contributed by atoms with Gasteiger partial charge in [0.15, 0.2) is 0 Å². The van der Waals surface area contributed by atoms with Crippen LogP contribution in [0.3, 0.4) is 0 Å². The average Bonchev–Trinajstić information content (AvgIpc) is 3.96. The molecule has 5 heterocycles. The predicted octanol–water partition coefficient (Wildman–Crippen LogP) is 14.4. The van der Waals surface area contributed by atoms with Crippen LogP contribution < -0.4 is 26.2 Å². The van der Waals surface area contributed by atoms with Crippen LogP contribution >= 0.6 is 22.7 Å². The second kappa shape index (κ2) is 13.0. The first-order valence-corrected chi connectivity index (χ1v) is 23.3. The van der Waals surface area contributed by atoms with Gasteiger partial charge in [-0.15, -0.1) is 22.7 Å². The number of benzene rings is 8. The highest BCUT2D eigenvalue weighted by Gasteiger charge is 2.44. The van der Waals surface area contributed by atoms with Crippen molar-refractivity contribution in [2.75, 3.05) is 9.80 Å². The van der Waals surface area contributed by atoms with Gasteiger partial charge < -0.3 is 14.4 Å². The molecule has 13 rings (SSSR count). The molecule has 11 aromatic rings. The van der Waals surface area contributed by atoms with Crippen LogP contribution in [-0.2, 0) is 5.41 Å². The van der Waals surface area contributed by atoms with Gasteiger partial charge in [0.2, 0.25) is 0 Å². The lowest BCUT2D eigenvalue weighted by Gasteiger charge is -2.42. The molecule has 0 fully saturated rings. The summed E-state index contributed by atoms with van der Waals surface area (Å²) in [4.78, 5) is 5.12. The normalized spacial score (nSPS) is 13.2. The molecule has 8 aromatic carbocycles. The third-order valence-corrected chi connectivity index (χ3v) is 16.0. The van der Waals surface area contributed by atoms with Crippen LogP contribution in [0.4, 0.5) is 34.1 Å². The standard InChI is InChI=1S/C56H42BN3S2/c1-33-16-6-10-23-43(33)58(44-24-11-7-17-34(44)2)36-28-29-41-46(32-36)59(45-25-15-20-38-37-18-8-12-26-49(37)61-54(38)45)47-30-35(56(3,4)5)31-48-51(47)57(41)42-22-14-21-40-52(42)60(48)53-39-19-9-13-27-50(39)62-55(40)53/h6-32H,1-5H3. The zero-order chi connectivity index (χ0) is 41.6. The minimum atomic E-state index is -0.107. The molecule has 0 radical (unpaired) electrons. The number of rotatable bonds is 4. The van der Waals surface area contributed by atoms with E-state index in [-0.39, 0.29) is 12.1 Å². The fourth-order valence-corrected chi connectivity index (χ4v) is 13.1. The lowest BCUT2D eigenvalue weighted by Crippen LogP contribution is -2.60. The first-order valence-electron chi connectivity index (χ1n) is 21.6. The molecular formula is C56H42BN3S2. The molecule has 0 N–H and O–H groups in total. The molecule has 0 saturated carbocycles. The molecule has 0 bridgehead atoms. The Labute approximate surface area is 369 Å². The highest BCUT2D eigenvalue weighted by atomic mass is 32.1. The Morgan fingerprint density at radius 2 is 1.10 bits per heavy atom. The number of hydrogen-bond acceptors (Lipinski definition) is 4. The van der Waals surface area contributed by atoms with Crippen LogP contribution in [0.1, 0.15) is 37.5 Å². The highest BCUT2D eigenvalue weighted by molar-refractivity contribution is 7.27. The molecule has 296 valence electrons. The van der Waals surface area contributed by atoms with E-state index < -0.39 is 0 Å². The van der Waals surface area contributed by atoms with Gasteiger partial charge >= 0.3 is 0 Å². The molecule has 2 aliphatic rings. The van der Waals surface area contributed by atoms with Gasteiger partial charge in [-0.2, -0.15) is 0 Å². The average molecular weight is 832 g/mol. The van der Waals surface area contributed by atoms with Gasteiger partial charge in [0.1, 0.15) is 0 Å². The van der Waals surface area contributed by atoms with Crippen molar-refractivity contribution in [1.82, 2.24) is 4.57 Å². The van der Waals surface area contributed by atoms with Crippen LogP contribution in [-0.4, -0.2) is 11.3 Å². The molecule has 62 heavy (non-hydrogen) atoms. The van der Waals surface area contributed by atoms with E-state index in [9.17, 15) is 0 Å². The van der Waals surface area contributed by atoms with Crippen LogP contribution in [0.5, 0.6) is 0 Å². The van der Waals surface area contributed by atoms with E-state index in [1.807, 2.05) is 22.7 Å². The Kier molecular flexibility index (Phi) is 7.55. The molecule has 0 spiro atoms. The fourth-order valence-electron chi connectivity index (χ4n) is 10.7. The molecule has 0 atom stereocenters. The third-order valence-electron chi connectivity index (χ3n) is 13.6. The van der Waals surface area contributed by atoms with Crippen LogP contribution in [0.25, 0.3) is 57.1 Å². The Morgan fingerprint density at radius 1 is 0.484 bits per heavy atom. The van der Waals surface area contributed by atoms with E-state index in [1.54, 1.807) is 0 Å². The van der Waals surface area contributed by atoms with E-state index in [0.29, 0.717) is 0 Å². The number of fused-ring (bicyclic) bond motifs is 12. The quantitative estimate of drug-likeness (QED) is 0.164. The Morgan fingerprint density at radius 3 is 1.84 bits per heavy atom. The van der Waals surface area contributed by atoms with Crippen molar-refractivity contribution in [3.05, 3.63) is 180 Å². The maximum atomic E-state index is 2.65. The summed E-state index contributed by atoms with van der Waals surface area (Å²) >= 11 is 3.84. The van der Waals surface area contributed by atoms with Gasteiger partial charge in [-0.25, -0.2) is 0 Å². The van der Waals surface area contributed by atoms with Crippen molar-refractivity contribution in [3.63, 3.8) is 0 Å². The summed E-state index contributed by atoms with van der Waals surface area (Å²) in [5.41, 5.74) is 18.9. The van der Waals surface area contributed by atoms with Gasteiger partial charge in [-0.05, 0) is 107 Å². The van der Waals surface area contributed by atoms with Gasteiger partial charge in [-0.3, -0.25) is 0 Å². The number of thiophene rings is 2. The van der Waals surface area contributed by atoms with Crippen molar-refractivity contribution < 1.29 is 0 Å².